The number of aromatic nitrogens is 1. The number of hydrogen-bond acceptors (Lipinski definition) is 5. The number of hydrogen-bond donors (Lipinski definition) is 2. The molecule has 4 rings (SSSR count). The summed E-state index contributed by atoms with van der Waals surface area (Å²) in [6.07, 6.45) is 3.33. The molecule has 0 saturated carbocycles. The number of pyridine rings is 1. The maximum Gasteiger partial charge on any atom is 0.203 e. The van der Waals surface area contributed by atoms with Gasteiger partial charge in [-0.1, -0.05) is 6.07 Å². The van der Waals surface area contributed by atoms with Crippen LogP contribution < -0.4 is 5.32 Å². The molecule has 5 nitrogen and oxygen atoms in total. The van der Waals surface area contributed by atoms with Crippen molar-refractivity contribution >= 4 is 38.2 Å². The molecule has 0 amide bonds. The van der Waals surface area contributed by atoms with E-state index in [4.69, 9.17) is 0 Å². The van der Waals surface area contributed by atoms with Crippen molar-refractivity contribution in [2.45, 2.75) is 11.8 Å². The standard InChI is InChI=1S/C18H14N2O3S/c1-11-7-12-8-17-15(10-18(12)24(11,22)23)16(5-6-19-17)20-13-3-2-4-14(21)9-13/h2-10,21H,1H3,(H,19,20). The van der Waals surface area contributed by atoms with Gasteiger partial charge in [0, 0.05) is 33.9 Å². The summed E-state index contributed by atoms with van der Waals surface area (Å²) in [7, 11) is -3.41. The van der Waals surface area contributed by atoms with E-state index in [2.05, 4.69) is 10.3 Å². The topological polar surface area (TPSA) is 79.3 Å². The molecule has 0 fully saturated rings. The summed E-state index contributed by atoms with van der Waals surface area (Å²) in [6, 6.07) is 12.0. The zero-order chi connectivity index (χ0) is 16.9. The zero-order valence-corrected chi connectivity index (χ0v) is 13.6. The molecule has 120 valence electrons. The molecule has 6 heteroatoms. The molecular formula is C18H14N2O3S. The first kappa shape index (κ1) is 14.7. The lowest BCUT2D eigenvalue weighted by Crippen LogP contribution is -1.99. The fourth-order valence-corrected chi connectivity index (χ4v) is 4.18. The predicted molar refractivity (Wildman–Crippen MR) is 94.0 cm³/mol. The first-order valence-corrected chi connectivity index (χ1v) is 8.86. The van der Waals surface area contributed by atoms with E-state index in [0.29, 0.717) is 32.0 Å². The van der Waals surface area contributed by atoms with Crippen molar-refractivity contribution in [3.05, 3.63) is 59.1 Å². The largest absolute Gasteiger partial charge is 0.508 e. The van der Waals surface area contributed by atoms with E-state index >= 15 is 0 Å². The minimum atomic E-state index is -3.41. The molecule has 2 aromatic carbocycles. The summed E-state index contributed by atoms with van der Waals surface area (Å²) in [5, 5.41) is 13.5. The van der Waals surface area contributed by atoms with E-state index in [1.54, 1.807) is 55.6 Å². The molecule has 1 aromatic heterocycles. The highest BCUT2D eigenvalue weighted by atomic mass is 32.2. The molecule has 1 aliphatic heterocycles. The first-order chi connectivity index (χ1) is 11.4. The van der Waals surface area contributed by atoms with Crippen LogP contribution in [0.2, 0.25) is 0 Å². The number of anilines is 2. The Hall–Kier alpha value is -2.86. The van der Waals surface area contributed by atoms with Gasteiger partial charge in [0.2, 0.25) is 9.84 Å². The van der Waals surface area contributed by atoms with Crippen molar-refractivity contribution in [1.29, 1.82) is 0 Å². The van der Waals surface area contributed by atoms with E-state index in [1.807, 2.05) is 6.07 Å². The molecule has 0 spiro atoms. The van der Waals surface area contributed by atoms with Gasteiger partial charge in [0.15, 0.2) is 0 Å². The number of fused-ring (bicyclic) bond motifs is 2. The number of aromatic hydroxyl groups is 1. The Balaban J connectivity index is 1.89. The smallest absolute Gasteiger partial charge is 0.203 e. The first-order valence-electron chi connectivity index (χ1n) is 7.37. The number of allylic oxidation sites excluding steroid dienone is 1. The molecular weight excluding hydrogens is 324 g/mol. The molecule has 0 saturated heterocycles. The number of nitrogens with one attached hydrogen (secondary N) is 1. The normalized spacial score (nSPS) is 15.1. The van der Waals surface area contributed by atoms with Crippen LogP contribution >= 0.6 is 0 Å². The van der Waals surface area contributed by atoms with Crippen LogP contribution in [0.15, 0.2) is 58.5 Å². The van der Waals surface area contributed by atoms with Gasteiger partial charge in [-0.15, -0.1) is 0 Å². The molecule has 2 heterocycles. The van der Waals surface area contributed by atoms with E-state index in [9.17, 15) is 13.5 Å². The molecule has 0 bridgehead atoms. The van der Waals surface area contributed by atoms with E-state index in [0.717, 1.165) is 5.69 Å². The Labute approximate surface area is 139 Å². The molecule has 0 atom stereocenters. The number of nitrogens with zero attached hydrogens (tertiary/aromatic N) is 1. The second-order valence-corrected chi connectivity index (χ2v) is 7.79. The average Bonchev–Trinajstić information content (AvgIpc) is 2.75. The number of phenols is 1. The number of rotatable bonds is 2. The highest BCUT2D eigenvalue weighted by molar-refractivity contribution is 7.95. The third-order valence-corrected chi connectivity index (χ3v) is 5.97. The monoisotopic (exact) mass is 338 g/mol. The van der Waals surface area contributed by atoms with E-state index < -0.39 is 9.84 Å². The molecule has 1 aliphatic rings. The van der Waals surface area contributed by atoms with Gasteiger partial charge >= 0.3 is 0 Å². The van der Waals surface area contributed by atoms with Crippen molar-refractivity contribution in [3.63, 3.8) is 0 Å². The summed E-state index contributed by atoms with van der Waals surface area (Å²) in [4.78, 5) is 4.99. The average molecular weight is 338 g/mol. The van der Waals surface area contributed by atoms with Crippen LogP contribution in [0.5, 0.6) is 5.75 Å². The Morgan fingerprint density at radius 1 is 1.12 bits per heavy atom. The summed E-state index contributed by atoms with van der Waals surface area (Å²) in [5.41, 5.74) is 2.82. The lowest BCUT2D eigenvalue weighted by molar-refractivity contribution is 0.475. The van der Waals surface area contributed by atoms with Crippen molar-refractivity contribution in [3.8, 4) is 5.75 Å². The second kappa shape index (κ2) is 5.07. The van der Waals surface area contributed by atoms with Gasteiger partial charge in [-0.05, 0) is 48.9 Å². The minimum absolute atomic E-state index is 0.154. The Morgan fingerprint density at radius 3 is 2.75 bits per heavy atom. The van der Waals surface area contributed by atoms with Gasteiger partial charge < -0.3 is 10.4 Å². The van der Waals surface area contributed by atoms with E-state index in [-0.39, 0.29) is 5.75 Å². The Morgan fingerprint density at radius 2 is 1.96 bits per heavy atom. The summed E-state index contributed by atoms with van der Waals surface area (Å²) < 4.78 is 24.8. The third-order valence-electron chi connectivity index (χ3n) is 4.07. The molecule has 2 N–H and O–H groups in total. The summed E-state index contributed by atoms with van der Waals surface area (Å²) in [6.45, 7) is 1.60. The van der Waals surface area contributed by atoms with Crippen LogP contribution in [0.25, 0.3) is 17.0 Å². The van der Waals surface area contributed by atoms with E-state index in [1.165, 1.54) is 0 Å². The van der Waals surface area contributed by atoms with Crippen molar-refractivity contribution in [2.75, 3.05) is 5.32 Å². The predicted octanol–water partition coefficient (Wildman–Crippen LogP) is 3.83. The number of phenolic OH excluding ortho intramolecular Hbond substituents is 1. The maximum absolute atomic E-state index is 12.4. The van der Waals surface area contributed by atoms with Gasteiger partial charge in [0.05, 0.1) is 10.4 Å². The third kappa shape index (κ3) is 2.23. The van der Waals surface area contributed by atoms with Crippen LogP contribution in [0, 0.1) is 0 Å². The van der Waals surface area contributed by atoms with Gasteiger partial charge in [-0.25, -0.2) is 8.42 Å². The Bertz CT molecular complexity index is 1120. The number of benzene rings is 2. The Kier molecular flexibility index (Phi) is 3.11. The van der Waals surface area contributed by atoms with Crippen LogP contribution in [0.1, 0.15) is 12.5 Å². The SMILES string of the molecule is CC1=Cc2cc3nccc(Nc4cccc(O)c4)c3cc2S1(=O)=O. The minimum Gasteiger partial charge on any atom is -0.508 e. The molecule has 0 aliphatic carbocycles. The van der Waals surface area contributed by atoms with Gasteiger partial charge in [-0.2, -0.15) is 0 Å². The highest BCUT2D eigenvalue weighted by Crippen LogP contribution is 2.37. The molecule has 0 unspecified atom stereocenters. The quantitative estimate of drug-likeness (QED) is 0.742. The lowest BCUT2D eigenvalue weighted by atomic mass is 10.1. The van der Waals surface area contributed by atoms with Crippen molar-refractivity contribution < 1.29 is 13.5 Å². The fraction of sp³-hybridized carbons (Fsp3) is 0.0556. The molecule has 3 aromatic rings. The summed E-state index contributed by atoms with van der Waals surface area (Å²) >= 11 is 0. The van der Waals surface area contributed by atoms with Crippen molar-refractivity contribution in [1.82, 2.24) is 4.98 Å². The van der Waals surface area contributed by atoms with Gasteiger partial charge in [0.25, 0.3) is 0 Å². The van der Waals surface area contributed by atoms with Crippen LogP contribution in [0.3, 0.4) is 0 Å². The van der Waals surface area contributed by atoms with Gasteiger partial charge in [0.1, 0.15) is 5.75 Å². The van der Waals surface area contributed by atoms with Crippen molar-refractivity contribution in [2.24, 2.45) is 0 Å². The van der Waals surface area contributed by atoms with Crippen LogP contribution in [-0.4, -0.2) is 18.5 Å². The highest BCUT2D eigenvalue weighted by Gasteiger charge is 2.27. The zero-order valence-electron chi connectivity index (χ0n) is 12.8. The van der Waals surface area contributed by atoms with Gasteiger partial charge in [-0.3, -0.25) is 4.98 Å². The second-order valence-electron chi connectivity index (χ2n) is 5.70. The maximum atomic E-state index is 12.4. The number of sulfone groups is 1. The summed E-state index contributed by atoms with van der Waals surface area (Å²) in [5.74, 6) is 0.154. The fourth-order valence-electron chi connectivity index (χ4n) is 2.85. The molecule has 24 heavy (non-hydrogen) atoms. The van der Waals surface area contributed by atoms with Crippen LogP contribution in [-0.2, 0) is 9.84 Å². The molecule has 0 radical (unpaired) electrons. The van der Waals surface area contributed by atoms with Crippen LogP contribution in [0.4, 0.5) is 11.4 Å². The lowest BCUT2D eigenvalue weighted by Gasteiger charge is -2.11.